The average Bonchev–Trinajstić information content (AvgIpc) is 2.37. The van der Waals surface area contributed by atoms with Crippen molar-refractivity contribution in [1.82, 2.24) is 0 Å². The van der Waals surface area contributed by atoms with Crippen LogP contribution in [-0.2, 0) is 11.3 Å². The molecule has 18 heavy (non-hydrogen) atoms. The Morgan fingerprint density at radius 2 is 1.89 bits per heavy atom. The van der Waals surface area contributed by atoms with Gasteiger partial charge in [-0.25, -0.2) is 0 Å². The summed E-state index contributed by atoms with van der Waals surface area (Å²) in [6.07, 6.45) is 3.33. The van der Waals surface area contributed by atoms with E-state index in [2.05, 4.69) is 13.0 Å². The van der Waals surface area contributed by atoms with E-state index in [1.165, 1.54) is 0 Å². The Bertz CT molecular complexity index is 368. The van der Waals surface area contributed by atoms with Crippen molar-refractivity contribution < 1.29 is 9.84 Å². The van der Waals surface area contributed by atoms with Crippen molar-refractivity contribution in [2.24, 2.45) is 11.3 Å². The third-order valence-corrected chi connectivity index (χ3v) is 3.54. The molecule has 1 aromatic carbocycles. The minimum atomic E-state index is -0.774. The molecule has 0 saturated heterocycles. The van der Waals surface area contributed by atoms with Crippen LogP contribution in [0, 0.1) is 11.3 Å². The van der Waals surface area contributed by atoms with Crippen LogP contribution >= 0.6 is 0 Å². The van der Waals surface area contributed by atoms with Crippen molar-refractivity contribution in [1.29, 1.82) is 0 Å². The molecule has 1 N–H and O–H groups in total. The molecule has 2 atom stereocenters. The molecule has 1 rings (SSSR count). The molecule has 0 aliphatic rings. The lowest BCUT2D eigenvalue weighted by Crippen LogP contribution is -2.36. The van der Waals surface area contributed by atoms with E-state index >= 15 is 0 Å². The normalized spacial score (nSPS) is 15.8. The van der Waals surface area contributed by atoms with Gasteiger partial charge in [0.1, 0.15) is 0 Å². The smallest absolute Gasteiger partial charge is 0.160 e. The van der Waals surface area contributed by atoms with Crippen LogP contribution in [0.3, 0.4) is 0 Å². The molecule has 100 valence electrons. The average molecular weight is 248 g/mol. The fourth-order valence-electron chi connectivity index (χ4n) is 1.73. The predicted octanol–water partition coefficient (Wildman–Crippen LogP) is 3.76. The second-order valence-corrected chi connectivity index (χ2v) is 5.28. The Hall–Kier alpha value is -1.12. The van der Waals surface area contributed by atoms with Gasteiger partial charge in [-0.1, -0.05) is 63.3 Å². The number of aliphatic hydroxyl groups is 1. The molecule has 2 unspecified atom stereocenters. The number of aliphatic hydroxyl groups excluding tert-OH is 1. The molecule has 0 fully saturated rings. The third kappa shape index (κ3) is 3.97. The van der Waals surface area contributed by atoms with E-state index in [9.17, 15) is 5.11 Å². The zero-order valence-electron chi connectivity index (χ0n) is 11.8. The van der Waals surface area contributed by atoms with E-state index in [0.29, 0.717) is 6.61 Å². The van der Waals surface area contributed by atoms with Crippen LogP contribution in [0.25, 0.3) is 0 Å². The van der Waals surface area contributed by atoms with Crippen molar-refractivity contribution >= 4 is 0 Å². The van der Waals surface area contributed by atoms with Crippen LogP contribution in [-0.4, -0.2) is 11.4 Å². The van der Waals surface area contributed by atoms with Gasteiger partial charge in [-0.05, 0) is 18.4 Å². The van der Waals surface area contributed by atoms with Gasteiger partial charge in [0.25, 0.3) is 0 Å². The van der Waals surface area contributed by atoms with E-state index in [1.54, 1.807) is 0 Å². The highest BCUT2D eigenvalue weighted by Gasteiger charge is 2.33. The second-order valence-electron chi connectivity index (χ2n) is 5.28. The molecule has 0 heterocycles. The first-order valence-electron chi connectivity index (χ1n) is 6.45. The van der Waals surface area contributed by atoms with Gasteiger partial charge >= 0.3 is 0 Å². The Labute approximate surface area is 110 Å². The zero-order valence-corrected chi connectivity index (χ0v) is 11.8. The molecule has 0 saturated carbocycles. The molecule has 0 bridgehead atoms. The molecule has 0 aliphatic carbocycles. The predicted molar refractivity (Wildman–Crippen MR) is 75.0 cm³/mol. The summed E-state index contributed by atoms with van der Waals surface area (Å²) in [5, 5.41) is 10.2. The zero-order chi connectivity index (χ0) is 13.6. The number of hydrogen-bond acceptors (Lipinski definition) is 2. The van der Waals surface area contributed by atoms with Crippen molar-refractivity contribution in [3.8, 4) is 0 Å². The van der Waals surface area contributed by atoms with Crippen LogP contribution in [0.5, 0.6) is 0 Å². The Balaban J connectivity index is 2.56. The summed E-state index contributed by atoms with van der Waals surface area (Å²) in [6, 6.07) is 9.90. The highest BCUT2D eigenvalue weighted by Crippen LogP contribution is 2.32. The largest absolute Gasteiger partial charge is 0.367 e. The molecule has 0 amide bonds. The number of allylic oxidation sites excluding steroid dienone is 2. The van der Waals surface area contributed by atoms with Crippen LogP contribution in [0.1, 0.15) is 33.3 Å². The van der Waals surface area contributed by atoms with E-state index in [4.69, 9.17) is 4.74 Å². The lowest BCUT2D eigenvalue weighted by Gasteiger charge is -2.34. The van der Waals surface area contributed by atoms with Crippen molar-refractivity contribution in [2.75, 3.05) is 0 Å². The summed E-state index contributed by atoms with van der Waals surface area (Å²) in [7, 11) is 0. The van der Waals surface area contributed by atoms with Gasteiger partial charge in [-0.2, -0.15) is 0 Å². The summed E-state index contributed by atoms with van der Waals surface area (Å²) >= 11 is 0. The molecule has 0 spiro atoms. The Morgan fingerprint density at radius 3 is 2.44 bits per heavy atom. The number of benzene rings is 1. The number of rotatable bonds is 6. The van der Waals surface area contributed by atoms with Gasteiger partial charge in [0.05, 0.1) is 6.61 Å². The van der Waals surface area contributed by atoms with Gasteiger partial charge in [-0.3, -0.25) is 0 Å². The monoisotopic (exact) mass is 248 g/mol. The first-order chi connectivity index (χ1) is 8.48. The fraction of sp³-hybridized carbons (Fsp3) is 0.500. The van der Waals surface area contributed by atoms with Crippen LogP contribution < -0.4 is 0 Å². The maximum Gasteiger partial charge on any atom is 0.160 e. The summed E-state index contributed by atoms with van der Waals surface area (Å²) in [5.41, 5.74) is 0.771. The van der Waals surface area contributed by atoms with E-state index in [1.807, 2.05) is 57.2 Å². The van der Waals surface area contributed by atoms with Gasteiger partial charge in [0.2, 0.25) is 0 Å². The number of ether oxygens (including phenoxy) is 1. The maximum absolute atomic E-state index is 10.2. The summed E-state index contributed by atoms with van der Waals surface area (Å²) in [4.78, 5) is 0. The maximum atomic E-state index is 10.2. The quantitative estimate of drug-likeness (QED) is 0.613. The molecule has 0 radical (unpaired) electrons. The van der Waals surface area contributed by atoms with Gasteiger partial charge in [-0.15, -0.1) is 0 Å². The summed E-state index contributed by atoms with van der Waals surface area (Å²) in [5.74, 6) is 0.258. The van der Waals surface area contributed by atoms with Gasteiger partial charge < -0.3 is 9.84 Å². The van der Waals surface area contributed by atoms with Crippen molar-refractivity contribution in [2.45, 2.75) is 40.6 Å². The molecule has 1 aromatic rings. The Morgan fingerprint density at radius 1 is 1.28 bits per heavy atom. The van der Waals surface area contributed by atoms with Crippen molar-refractivity contribution in [3.05, 3.63) is 48.0 Å². The lowest BCUT2D eigenvalue weighted by molar-refractivity contribution is -0.181. The van der Waals surface area contributed by atoms with Gasteiger partial charge in [0, 0.05) is 5.41 Å². The second kappa shape index (κ2) is 6.72. The minimum Gasteiger partial charge on any atom is -0.367 e. The first-order valence-corrected chi connectivity index (χ1v) is 6.45. The van der Waals surface area contributed by atoms with E-state index in [-0.39, 0.29) is 11.3 Å². The topological polar surface area (TPSA) is 29.5 Å². The molecule has 0 aromatic heterocycles. The Kier molecular flexibility index (Phi) is 5.57. The highest BCUT2D eigenvalue weighted by atomic mass is 16.6. The molecule has 2 heteroatoms. The van der Waals surface area contributed by atoms with Crippen LogP contribution in [0.15, 0.2) is 42.5 Å². The van der Waals surface area contributed by atoms with E-state index < -0.39 is 6.29 Å². The number of hydrogen-bond donors (Lipinski definition) is 1. The fourth-order valence-corrected chi connectivity index (χ4v) is 1.73. The standard InChI is InChI=1S/C16H24O2/c1-5-9-13(2)16(3,4)15(17)18-12-14-10-7-6-8-11-14/h5-11,13,15,17H,12H2,1-4H3/b9-5+. The summed E-state index contributed by atoms with van der Waals surface area (Å²) in [6.45, 7) is 8.56. The molecule has 2 nitrogen and oxygen atoms in total. The highest BCUT2D eigenvalue weighted by molar-refractivity contribution is 5.13. The van der Waals surface area contributed by atoms with Crippen LogP contribution in [0.4, 0.5) is 0 Å². The van der Waals surface area contributed by atoms with E-state index in [0.717, 1.165) is 5.56 Å². The SMILES string of the molecule is C/C=C/C(C)C(C)(C)C(O)OCc1ccccc1. The molecular formula is C16H24O2. The lowest BCUT2D eigenvalue weighted by atomic mass is 9.79. The third-order valence-electron chi connectivity index (χ3n) is 3.54. The molecular weight excluding hydrogens is 224 g/mol. The van der Waals surface area contributed by atoms with Crippen LogP contribution in [0.2, 0.25) is 0 Å². The van der Waals surface area contributed by atoms with Crippen molar-refractivity contribution in [3.63, 3.8) is 0 Å². The minimum absolute atomic E-state index is 0.258. The molecule has 0 aliphatic heterocycles. The summed E-state index contributed by atoms with van der Waals surface area (Å²) < 4.78 is 5.58. The first kappa shape index (κ1) is 14.9. The van der Waals surface area contributed by atoms with Gasteiger partial charge in [0.15, 0.2) is 6.29 Å².